The molecular formula is C18H17F2N5O2. The molecule has 3 aromatic rings. The number of aromatic nitrogens is 4. The van der Waals surface area contributed by atoms with Crippen molar-refractivity contribution in [2.24, 2.45) is 0 Å². The molecule has 0 aliphatic carbocycles. The number of ether oxygens (including phenoxy) is 1. The molecule has 9 heteroatoms. The van der Waals surface area contributed by atoms with Crippen molar-refractivity contribution < 1.29 is 18.3 Å². The molecule has 27 heavy (non-hydrogen) atoms. The molecule has 1 N–H and O–H groups in total. The van der Waals surface area contributed by atoms with Gasteiger partial charge in [-0.25, -0.2) is 4.68 Å². The first kappa shape index (κ1) is 18.4. The van der Waals surface area contributed by atoms with Gasteiger partial charge in [-0.2, -0.15) is 8.78 Å². The van der Waals surface area contributed by atoms with Crippen LogP contribution in [-0.2, 0) is 17.8 Å². The Balaban J connectivity index is 1.64. The van der Waals surface area contributed by atoms with Crippen molar-refractivity contribution in [3.63, 3.8) is 0 Å². The zero-order valence-electron chi connectivity index (χ0n) is 14.2. The summed E-state index contributed by atoms with van der Waals surface area (Å²) in [6.45, 7) is -2.63. The number of nitrogens with zero attached hydrogens (tertiary/aromatic N) is 4. The predicted molar refractivity (Wildman–Crippen MR) is 91.9 cm³/mol. The zero-order valence-corrected chi connectivity index (χ0v) is 14.2. The summed E-state index contributed by atoms with van der Waals surface area (Å²) in [7, 11) is 0. The first-order chi connectivity index (χ1) is 13.1. The van der Waals surface area contributed by atoms with Gasteiger partial charge in [0.25, 0.3) is 0 Å². The van der Waals surface area contributed by atoms with Crippen LogP contribution in [0.2, 0.25) is 0 Å². The molecule has 1 heterocycles. The number of tetrazole rings is 1. The monoisotopic (exact) mass is 373 g/mol. The van der Waals surface area contributed by atoms with E-state index in [0.29, 0.717) is 6.42 Å². The average Bonchev–Trinajstić information content (AvgIpc) is 3.20. The molecule has 140 valence electrons. The van der Waals surface area contributed by atoms with E-state index in [-0.39, 0.29) is 18.2 Å². The number of amides is 1. The number of nitrogens with one attached hydrogen (secondary N) is 1. The normalized spacial score (nSPS) is 12.0. The Hall–Kier alpha value is -3.36. The minimum absolute atomic E-state index is 0.0655. The van der Waals surface area contributed by atoms with E-state index in [1.54, 1.807) is 12.1 Å². The largest absolute Gasteiger partial charge is 0.435 e. The minimum Gasteiger partial charge on any atom is -0.435 e. The Morgan fingerprint density at radius 3 is 2.44 bits per heavy atom. The SMILES string of the molecule is O=C(NCc1ccc(OC(F)F)cc1)[C@H](Cc1ccccc1)n1cnnn1. The van der Waals surface area contributed by atoms with E-state index in [4.69, 9.17) is 0 Å². The fourth-order valence-corrected chi connectivity index (χ4v) is 2.55. The number of carbonyl (C=O) groups is 1. The van der Waals surface area contributed by atoms with Crippen molar-refractivity contribution >= 4 is 5.91 Å². The smallest absolute Gasteiger partial charge is 0.387 e. The fraction of sp³-hybridized carbons (Fsp3) is 0.222. The van der Waals surface area contributed by atoms with Crippen LogP contribution in [0.5, 0.6) is 5.75 Å². The van der Waals surface area contributed by atoms with Gasteiger partial charge in [0.15, 0.2) is 0 Å². The Labute approximate surface area is 154 Å². The molecule has 1 amide bonds. The summed E-state index contributed by atoms with van der Waals surface area (Å²) in [6.07, 6.45) is 1.82. The Bertz CT molecular complexity index is 842. The van der Waals surface area contributed by atoms with Crippen molar-refractivity contribution in [1.29, 1.82) is 0 Å². The van der Waals surface area contributed by atoms with Crippen molar-refractivity contribution in [3.05, 3.63) is 72.1 Å². The average molecular weight is 373 g/mol. The van der Waals surface area contributed by atoms with E-state index in [1.165, 1.54) is 23.1 Å². The molecule has 2 aromatic carbocycles. The molecule has 0 fully saturated rings. The molecular weight excluding hydrogens is 356 g/mol. The maximum Gasteiger partial charge on any atom is 0.387 e. The maximum absolute atomic E-state index is 12.7. The van der Waals surface area contributed by atoms with Crippen LogP contribution in [0, 0.1) is 0 Å². The highest BCUT2D eigenvalue weighted by atomic mass is 19.3. The van der Waals surface area contributed by atoms with E-state index < -0.39 is 12.7 Å². The second-order valence-corrected chi connectivity index (χ2v) is 5.74. The summed E-state index contributed by atoms with van der Waals surface area (Å²) in [6, 6.07) is 15.0. The van der Waals surface area contributed by atoms with Crippen LogP contribution in [-0.4, -0.2) is 32.7 Å². The third-order valence-electron chi connectivity index (χ3n) is 3.87. The number of carbonyl (C=O) groups excluding carboxylic acids is 1. The van der Waals surface area contributed by atoms with Crippen LogP contribution in [0.15, 0.2) is 60.9 Å². The number of halogens is 2. The second kappa shape index (κ2) is 8.84. The van der Waals surface area contributed by atoms with E-state index in [2.05, 4.69) is 25.6 Å². The maximum atomic E-state index is 12.7. The highest BCUT2D eigenvalue weighted by Crippen LogP contribution is 2.16. The molecule has 0 bridgehead atoms. The Kier molecular flexibility index (Phi) is 6.03. The van der Waals surface area contributed by atoms with Gasteiger partial charge in [0.1, 0.15) is 18.1 Å². The van der Waals surface area contributed by atoms with E-state index in [1.807, 2.05) is 30.3 Å². The lowest BCUT2D eigenvalue weighted by molar-refractivity contribution is -0.124. The first-order valence-electron chi connectivity index (χ1n) is 8.19. The highest BCUT2D eigenvalue weighted by Gasteiger charge is 2.22. The number of rotatable bonds is 8. The molecule has 7 nitrogen and oxygen atoms in total. The zero-order chi connectivity index (χ0) is 19.1. The van der Waals surface area contributed by atoms with Crippen LogP contribution >= 0.6 is 0 Å². The summed E-state index contributed by atoms with van der Waals surface area (Å²) < 4.78 is 30.1. The molecule has 1 aromatic heterocycles. The van der Waals surface area contributed by atoms with E-state index in [0.717, 1.165) is 11.1 Å². The van der Waals surface area contributed by atoms with Crippen LogP contribution in [0.3, 0.4) is 0 Å². The third kappa shape index (κ3) is 5.30. The Morgan fingerprint density at radius 1 is 1.07 bits per heavy atom. The van der Waals surface area contributed by atoms with Crippen LogP contribution in [0.25, 0.3) is 0 Å². The van der Waals surface area contributed by atoms with Gasteiger partial charge in [0.2, 0.25) is 5.91 Å². The number of benzene rings is 2. The lowest BCUT2D eigenvalue weighted by Gasteiger charge is -2.16. The van der Waals surface area contributed by atoms with Crippen LogP contribution in [0.1, 0.15) is 17.2 Å². The topological polar surface area (TPSA) is 81.9 Å². The molecule has 0 spiro atoms. The molecule has 0 aliphatic rings. The van der Waals surface area contributed by atoms with Gasteiger partial charge < -0.3 is 10.1 Å². The number of alkyl halides is 2. The standard InChI is InChI=1S/C18H17F2N5O2/c19-18(20)27-15-8-6-14(7-9-15)11-21-17(26)16(25-12-22-23-24-25)10-13-4-2-1-3-5-13/h1-9,12,16,18H,10-11H2,(H,21,26)/t16-/m0/s1. The molecule has 0 saturated heterocycles. The summed E-state index contributed by atoms with van der Waals surface area (Å²) in [5, 5.41) is 13.9. The first-order valence-corrected chi connectivity index (χ1v) is 8.19. The van der Waals surface area contributed by atoms with Gasteiger partial charge in [-0.15, -0.1) is 5.10 Å². The summed E-state index contributed by atoms with van der Waals surface area (Å²) in [5.74, 6) is -0.185. The highest BCUT2D eigenvalue weighted by molar-refractivity contribution is 5.80. The number of hydrogen-bond acceptors (Lipinski definition) is 5. The Morgan fingerprint density at radius 2 is 1.81 bits per heavy atom. The summed E-state index contributed by atoms with van der Waals surface area (Å²) in [5.41, 5.74) is 1.72. The van der Waals surface area contributed by atoms with E-state index in [9.17, 15) is 13.6 Å². The van der Waals surface area contributed by atoms with Crippen LogP contribution in [0.4, 0.5) is 8.78 Å². The molecule has 0 aliphatic heterocycles. The molecule has 1 atom stereocenters. The fourth-order valence-electron chi connectivity index (χ4n) is 2.55. The summed E-state index contributed by atoms with van der Waals surface area (Å²) in [4.78, 5) is 12.7. The molecule has 0 saturated carbocycles. The number of hydrogen-bond donors (Lipinski definition) is 1. The van der Waals surface area contributed by atoms with Gasteiger partial charge in [-0.1, -0.05) is 42.5 Å². The van der Waals surface area contributed by atoms with Crippen molar-refractivity contribution in [1.82, 2.24) is 25.5 Å². The lowest BCUT2D eigenvalue weighted by atomic mass is 10.1. The van der Waals surface area contributed by atoms with Crippen molar-refractivity contribution in [3.8, 4) is 5.75 Å². The second-order valence-electron chi connectivity index (χ2n) is 5.74. The van der Waals surface area contributed by atoms with Gasteiger partial charge in [-0.05, 0) is 33.7 Å². The van der Waals surface area contributed by atoms with Crippen LogP contribution < -0.4 is 10.1 Å². The van der Waals surface area contributed by atoms with Gasteiger partial charge in [-0.3, -0.25) is 4.79 Å². The third-order valence-corrected chi connectivity index (χ3v) is 3.87. The van der Waals surface area contributed by atoms with Crippen molar-refractivity contribution in [2.45, 2.75) is 25.6 Å². The molecule has 3 rings (SSSR count). The van der Waals surface area contributed by atoms with Gasteiger partial charge in [0, 0.05) is 13.0 Å². The summed E-state index contributed by atoms with van der Waals surface area (Å²) >= 11 is 0. The van der Waals surface area contributed by atoms with Gasteiger partial charge >= 0.3 is 6.61 Å². The lowest BCUT2D eigenvalue weighted by Crippen LogP contribution is -2.34. The molecule has 0 radical (unpaired) electrons. The van der Waals surface area contributed by atoms with E-state index >= 15 is 0 Å². The quantitative estimate of drug-likeness (QED) is 0.656. The van der Waals surface area contributed by atoms with Gasteiger partial charge in [0.05, 0.1) is 0 Å². The predicted octanol–water partition coefficient (Wildman–Crippen LogP) is 2.37. The van der Waals surface area contributed by atoms with Crippen molar-refractivity contribution in [2.75, 3.05) is 0 Å². The molecule has 0 unspecified atom stereocenters. The minimum atomic E-state index is -2.87.